The minimum absolute atomic E-state index is 0.0597. The summed E-state index contributed by atoms with van der Waals surface area (Å²) in [4.78, 5) is 28.4. The highest BCUT2D eigenvalue weighted by atomic mass is 19.1. The number of rotatable bonds is 4. The number of pyridine rings is 1. The molecular formula is C25H21FN6O4. The van der Waals surface area contributed by atoms with Crippen LogP contribution in [0.5, 0.6) is 0 Å². The summed E-state index contributed by atoms with van der Waals surface area (Å²) >= 11 is 0. The van der Waals surface area contributed by atoms with E-state index < -0.39 is 28.7 Å². The molecule has 0 aliphatic carbocycles. The van der Waals surface area contributed by atoms with E-state index in [0.717, 1.165) is 10.2 Å². The van der Waals surface area contributed by atoms with E-state index in [9.17, 15) is 20.0 Å². The van der Waals surface area contributed by atoms with Crippen LogP contribution in [0.15, 0.2) is 53.5 Å². The molecule has 0 atom stereocenters. The van der Waals surface area contributed by atoms with Crippen LogP contribution < -0.4 is 5.56 Å². The molecule has 0 saturated carbocycles. The molecule has 0 saturated heterocycles. The molecule has 0 spiro atoms. The number of H-pyrrole nitrogens is 1. The molecule has 3 aromatic heterocycles. The molecule has 182 valence electrons. The van der Waals surface area contributed by atoms with Crippen molar-refractivity contribution in [3.05, 3.63) is 86.1 Å². The van der Waals surface area contributed by atoms with Crippen LogP contribution >= 0.6 is 0 Å². The first-order chi connectivity index (χ1) is 17.1. The number of nitrogens with one attached hydrogen (secondary N) is 1. The van der Waals surface area contributed by atoms with Gasteiger partial charge in [-0.1, -0.05) is 32.9 Å². The van der Waals surface area contributed by atoms with Crippen LogP contribution in [0.2, 0.25) is 0 Å². The lowest BCUT2D eigenvalue weighted by Crippen LogP contribution is -2.24. The summed E-state index contributed by atoms with van der Waals surface area (Å²) in [5, 5.41) is 32.3. The number of aliphatic hydroxyl groups excluding tert-OH is 1. The summed E-state index contributed by atoms with van der Waals surface area (Å²) in [7, 11) is 0. The van der Waals surface area contributed by atoms with Gasteiger partial charge in [0.2, 0.25) is 0 Å². The number of aromatic amines is 1. The Labute approximate surface area is 203 Å². The molecule has 0 radical (unpaired) electrons. The van der Waals surface area contributed by atoms with E-state index in [1.165, 1.54) is 12.3 Å². The fourth-order valence-corrected chi connectivity index (χ4v) is 4.18. The van der Waals surface area contributed by atoms with E-state index in [0.29, 0.717) is 27.7 Å². The number of aliphatic hydroxyl groups is 1. The predicted octanol–water partition coefficient (Wildman–Crippen LogP) is 4.16. The van der Waals surface area contributed by atoms with Gasteiger partial charge in [0, 0.05) is 16.5 Å². The van der Waals surface area contributed by atoms with Crippen molar-refractivity contribution in [1.29, 1.82) is 0 Å². The third-order valence-corrected chi connectivity index (χ3v) is 6.08. The monoisotopic (exact) mass is 488 g/mol. The van der Waals surface area contributed by atoms with Crippen LogP contribution in [0.4, 0.5) is 10.2 Å². The van der Waals surface area contributed by atoms with Gasteiger partial charge in [-0.2, -0.15) is 14.9 Å². The molecule has 0 amide bonds. The van der Waals surface area contributed by atoms with E-state index in [2.05, 4.69) is 20.3 Å². The molecule has 0 aliphatic rings. The van der Waals surface area contributed by atoms with Crippen LogP contribution in [0, 0.1) is 15.9 Å². The molecule has 11 heteroatoms. The SMILES string of the molecule is CC(C)(C)c1cc(F)c2c(=O)n(-c3cccc(-c4ccc5[nH]nc([N+](=O)[O-])c5n4)c3CO)ncc2c1. The summed E-state index contributed by atoms with van der Waals surface area (Å²) in [5.74, 6) is -1.08. The zero-order valence-corrected chi connectivity index (χ0v) is 19.6. The lowest BCUT2D eigenvalue weighted by molar-refractivity contribution is -0.388. The number of hydrogen-bond acceptors (Lipinski definition) is 7. The maximum Gasteiger partial charge on any atom is 0.416 e. The number of nitrogens with zero attached hydrogens (tertiary/aromatic N) is 5. The normalized spacial score (nSPS) is 11.9. The summed E-state index contributed by atoms with van der Waals surface area (Å²) in [6.45, 7) is 5.36. The maximum absolute atomic E-state index is 15.1. The molecule has 0 bridgehead atoms. The third-order valence-electron chi connectivity index (χ3n) is 6.08. The number of aromatic nitrogens is 5. The highest BCUT2D eigenvalue weighted by Gasteiger charge is 2.22. The molecule has 36 heavy (non-hydrogen) atoms. The van der Waals surface area contributed by atoms with Gasteiger partial charge < -0.3 is 15.2 Å². The first-order valence-corrected chi connectivity index (χ1v) is 11.0. The number of benzene rings is 2. The number of nitro groups is 1. The van der Waals surface area contributed by atoms with Gasteiger partial charge in [-0.3, -0.25) is 4.79 Å². The second kappa shape index (κ2) is 8.31. The van der Waals surface area contributed by atoms with Gasteiger partial charge in [0.25, 0.3) is 5.56 Å². The Morgan fingerprint density at radius 3 is 2.67 bits per heavy atom. The predicted molar refractivity (Wildman–Crippen MR) is 131 cm³/mol. The first-order valence-electron chi connectivity index (χ1n) is 11.0. The molecule has 0 fully saturated rings. The molecule has 5 aromatic rings. The lowest BCUT2D eigenvalue weighted by atomic mass is 9.86. The summed E-state index contributed by atoms with van der Waals surface area (Å²) in [6.07, 6.45) is 1.42. The van der Waals surface area contributed by atoms with Gasteiger partial charge in [-0.15, -0.1) is 0 Å². The highest BCUT2D eigenvalue weighted by Crippen LogP contribution is 2.31. The maximum atomic E-state index is 15.1. The smallest absolute Gasteiger partial charge is 0.392 e. The zero-order valence-electron chi connectivity index (χ0n) is 19.6. The van der Waals surface area contributed by atoms with E-state index in [4.69, 9.17) is 0 Å². The molecule has 3 heterocycles. The van der Waals surface area contributed by atoms with Crippen molar-refractivity contribution < 1.29 is 14.4 Å². The van der Waals surface area contributed by atoms with Crippen molar-refractivity contribution in [3.63, 3.8) is 0 Å². The minimum atomic E-state index is -0.675. The van der Waals surface area contributed by atoms with Crippen molar-refractivity contribution in [2.45, 2.75) is 32.8 Å². The average molecular weight is 488 g/mol. The Morgan fingerprint density at radius 2 is 1.97 bits per heavy atom. The van der Waals surface area contributed by atoms with Gasteiger partial charge in [-0.05, 0) is 46.2 Å². The Bertz CT molecular complexity index is 1740. The van der Waals surface area contributed by atoms with Gasteiger partial charge in [0.15, 0.2) is 5.52 Å². The second-order valence-electron chi connectivity index (χ2n) is 9.39. The van der Waals surface area contributed by atoms with E-state index in [-0.39, 0.29) is 22.0 Å². The zero-order chi connectivity index (χ0) is 25.8. The summed E-state index contributed by atoms with van der Waals surface area (Å²) in [6, 6.07) is 11.2. The molecule has 0 aliphatic heterocycles. The van der Waals surface area contributed by atoms with Crippen LogP contribution in [-0.2, 0) is 12.0 Å². The molecule has 10 nitrogen and oxygen atoms in total. The van der Waals surface area contributed by atoms with Crippen LogP contribution in [0.3, 0.4) is 0 Å². The molecular weight excluding hydrogens is 467 g/mol. The van der Waals surface area contributed by atoms with E-state index in [1.54, 1.807) is 36.4 Å². The first kappa shape index (κ1) is 23.2. The van der Waals surface area contributed by atoms with Crippen molar-refractivity contribution in [1.82, 2.24) is 25.0 Å². The van der Waals surface area contributed by atoms with Crippen LogP contribution in [-0.4, -0.2) is 35.0 Å². The largest absolute Gasteiger partial charge is 0.416 e. The van der Waals surface area contributed by atoms with Gasteiger partial charge in [-0.25, -0.2) is 9.37 Å². The van der Waals surface area contributed by atoms with Crippen LogP contribution in [0.1, 0.15) is 31.9 Å². The lowest BCUT2D eigenvalue weighted by Gasteiger charge is -2.20. The van der Waals surface area contributed by atoms with Crippen LogP contribution in [0.25, 0.3) is 38.8 Å². The molecule has 0 unspecified atom stereocenters. The fraction of sp³-hybridized carbons (Fsp3) is 0.200. The van der Waals surface area contributed by atoms with Gasteiger partial charge in [0.05, 0.1) is 34.7 Å². The van der Waals surface area contributed by atoms with Gasteiger partial charge in [0.1, 0.15) is 11.3 Å². The summed E-state index contributed by atoms with van der Waals surface area (Å²) in [5.41, 5.74) is 1.48. The van der Waals surface area contributed by atoms with Crippen molar-refractivity contribution in [3.8, 4) is 16.9 Å². The highest BCUT2D eigenvalue weighted by molar-refractivity contribution is 5.86. The van der Waals surface area contributed by atoms with Gasteiger partial charge >= 0.3 is 5.82 Å². The van der Waals surface area contributed by atoms with E-state index in [1.807, 2.05) is 20.8 Å². The second-order valence-corrected chi connectivity index (χ2v) is 9.39. The quantitative estimate of drug-likeness (QED) is 0.286. The van der Waals surface area contributed by atoms with Crippen molar-refractivity contribution in [2.75, 3.05) is 0 Å². The number of halogens is 1. The molecule has 5 rings (SSSR count). The Morgan fingerprint density at radius 1 is 1.19 bits per heavy atom. The fourth-order valence-electron chi connectivity index (χ4n) is 4.18. The summed E-state index contributed by atoms with van der Waals surface area (Å²) < 4.78 is 16.2. The van der Waals surface area contributed by atoms with Crippen molar-refractivity contribution in [2.24, 2.45) is 0 Å². The van der Waals surface area contributed by atoms with E-state index >= 15 is 4.39 Å². The Kier molecular flexibility index (Phi) is 5.36. The Balaban J connectivity index is 1.71. The molecule has 2 aromatic carbocycles. The standard InChI is InChI=1S/C25H21FN6O4/c1-25(2,3)14-9-13-11-27-31(24(34)21(13)17(26)10-14)20-6-4-5-15(16(20)12-33)18-7-8-19-22(28-18)23(30-29-19)32(35)36/h4-11,33H,12H2,1-3H3,(H,29,30). The minimum Gasteiger partial charge on any atom is -0.392 e. The third kappa shape index (κ3) is 3.69. The van der Waals surface area contributed by atoms with Crippen molar-refractivity contribution >= 4 is 27.6 Å². The Hall–Kier alpha value is -4.51. The number of fused-ring (bicyclic) bond motifs is 2. The number of hydrogen-bond donors (Lipinski definition) is 2. The average Bonchev–Trinajstić information content (AvgIpc) is 3.26. The molecule has 2 N–H and O–H groups in total. The topological polar surface area (TPSA) is 140 Å².